The molecule has 1 aromatic carbocycles. The molecule has 2 nitrogen and oxygen atoms in total. The lowest BCUT2D eigenvalue weighted by Gasteiger charge is -2.35. The Kier molecular flexibility index (Phi) is 5.21. The van der Waals surface area contributed by atoms with Gasteiger partial charge in [-0.2, -0.15) is 0 Å². The molecule has 2 N–H and O–H groups in total. The van der Waals surface area contributed by atoms with E-state index in [9.17, 15) is 0 Å². The molecule has 1 aliphatic rings. The van der Waals surface area contributed by atoms with E-state index in [1.807, 2.05) is 0 Å². The highest BCUT2D eigenvalue weighted by Gasteiger charge is 2.21. The zero-order valence-corrected chi connectivity index (χ0v) is 11.6. The average molecular weight is 246 g/mol. The van der Waals surface area contributed by atoms with Crippen LogP contribution in [0, 0.1) is 0 Å². The summed E-state index contributed by atoms with van der Waals surface area (Å²) >= 11 is 0. The van der Waals surface area contributed by atoms with Crippen LogP contribution in [0.3, 0.4) is 0 Å². The SMILES string of the molecule is CCc1ccc(CN2CCCCC2CCN)cc1. The number of aryl methyl sites for hydroxylation is 1. The lowest BCUT2D eigenvalue weighted by molar-refractivity contribution is 0.134. The highest BCUT2D eigenvalue weighted by atomic mass is 15.2. The van der Waals surface area contributed by atoms with Crippen LogP contribution in [0.2, 0.25) is 0 Å². The molecule has 1 fully saturated rings. The molecule has 0 bridgehead atoms. The number of likely N-dealkylation sites (tertiary alicyclic amines) is 1. The van der Waals surface area contributed by atoms with Gasteiger partial charge in [-0.3, -0.25) is 4.90 Å². The summed E-state index contributed by atoms with van der Waals surface area (Å²) in [4.78, 5) is 2.62. The Morgan fingerprint density at radius 1 is 1.17 bits per heavy atom. The van der Waals surface area contributed by atoms with Crippen LogP contribution in [0.15, 0.2) is 24.3 Å². The van der Waals surface area contributed by atoms with Gasteiger partial charge in [0.05, 0.1) is 0 Å². The van der Waals surface area contributed by atoms with Crippen LogP contribution >= 0.6 is 0 Å². The van der Waals surface area contributed by atoms with Crippen LogP contribution in [-0.2, 0) is 13.0 Å². The number of nitrogens with two attached hydrogens (primary N) is 1. The fraction of sp³-hybridized carbons (Fsp3) is 0.625. The first-order chi connectivity index (χ1) is 8.83. The Hall–Kier alpha value is -0.860. The van der Waals surface area contributed by atoms with Gasteiger partial charge in [-0.15, -0.1) is 0 Å². The first kappa shape index (κ1) is 13.6. The average Bonchev–Trinajstić information content (AvgIpc) is 2.42. The Morgan fingerprint density at radius 2 is 1.89 bits per heavy atom. The second-order valence-electron chi connectivity index (χ2n) is 5.37. The van der Waals surface area contributed by atoms with Crippen molar-refractivity contribution in [2.45, 2.75) is 51.6 Å². The van der Waals surface area contributed by atoms with Crippen molar-refractivity contribution in [3.05, 3.63) is 35.4 Å². The third-order valence-corrected chi connectivity index (χ3v) is 4.07. The predicted molar refractivity (Wildman–Crippen MR) is 77.5 cm³/mol. The molecule has 1 saturated heterocycles. The highest BCUT2D eigenvalue weighted by Crippen LogP contribution is 2.21. The largest absolute Gasteiger partial charge is 0.330 e. The molecule has 0 saturated carbocycles. The minimum absolute atomic E-state index is 0.703. The number of nitrogens with zero attached hydrogens (tertiary/aromatic N) is 1. The van der Waals surface area contributed by atoms with E-state index in [1.54, 1.807) is 0 Å². The molecule has 1 unspecified atom stereocenters. The Morgan fingerprint density at radius 3 is 2.56 bits per heavy atom. The Bertz CT molecular complexity index is 343. The molecule has 0 aliphatic carbocycles. The molecule has 100 valence electrons. The highest BCUT2D eigenvalue weighted by molar-refractivity contribution is 5.22. The molecule has 1 aliphatic heterocycles. The molecule has 0 spiro atoms. The number of benzene rings is 1. The van der Waals surface area contributed by atoms with E-state index >= 15 is 0 Å². The monoisotopic (exact) mass is 246 g/mol. The Balaban J connectivity index is 1.96. The molecule has 0 amide bonds. The van der Waals surface area contributed by atoms with E-state index in [0.717, 1.165) is 25.9 Å². The van der Waals surface area contributed by atoms with E-state index in [2.05, 4.69) is 36.1 Å². The smallest absolute Gasteiger partial charge is 0.0236 e. The summed E-state index contributed by atoms with van der Waals surface area (Å²) in [5, 5.41) is 0. The lowest BCUT2D eigenvalue weighted by Crippen LogP contribution is -2.40. The normalized spacial score (nSPS) is 21.1. The van der Waals surface area contributed by atoms with Crippen molar-refractivity contribution in [2.75, 3.05) is 13.1 Å². The van der Waals surface area contributed by atoms with E-state index in [0.29, 0.717) is 6.04 Å². The molecular weight excluding hydrogens is 220 g/mol. The van der Waals surface area contributed by atoms with Gasteiger partial charge in [0, 0.05) is 12.6 Å². The van der Waals surface area contributed by atoms with Crippen molar-refractivity contribution < 1.29 is 0 Å². The maximum atomic E-state index is 5.73. The third kappa shape index (κ3) is 3.56. The molecule has 1 heterocycles. The van der Waals surface area contributed by atoms with Gasteiger partial charge in [0.15, 0.2) is 0 Å². The molecule has 18 heavy (non-hydrogen) atoms. The minimum Gasteiger partial charge on any atom is -0.330 e. The number of hydrogen-bond donors (Lipinski definition) is 1. The van der Waals surface area contributed by atoms with Gasteiger partial charge in [0.1, 0.15) is 0 Å². The lowest BCUT2D eigenvalue weighted by atomic mass is 9.98. The number of piperidine rings is 1. The molecule has 1 aromatic rings. The first-order valence-corrected chi connectivity index (χ1v) is 7.35. The number of hydrogen-bond acceptors (Lipinski definition) is 2. The minimum atomic E-state index is 0.703. The predicted octanol–water partition coefficient (Wildman–Crippen LogP) is 2.95. The summed E-state index contributed by atoms with van der Waals surface area (Å²) in [5.74, 6) is 0. The molecule has 2 rings (SSSR count). The zero-order valence-electron chi connectivity index (χ0n) is 11.6. The quantitative estimate of drug-likeness (QED) is 0.865. The standard InChI is InChI=1S/C16H26N2/c1-2-14-6-8-15(9-7-14)13-18-12-4-3-5-16(18)10-11-17/h6-9,16H,2-5,10-13,17H2,1H3. The Labute approximate surface area is 111 Å². The van der Waals surface area contributed by atoms with Crippen molar-refractivity contribution in [1.29, 1.82) is 0 Å². The topological polar surface area (TPSA) is 29.3 Å². The summed E-state index contributed by atoms with van der Waals surface area (Å²) in [6.45, 7) is 5.35. The van der Waals surface area contributed by atoms with Crippen molar-refractivity contribution in [1.82, 2.24) is 4.90 Å². The number of rotatable bonds is 5. The van der Waals surface area contributed by atoms with E-state index in [1.165, 1.54) is 36.9 Å². The first-order valence-electron chi connectivity index (χ1n) is 7.35. The summed E-state index contributed by atoms with van der Waals surface area (Å²) in [6, 6.07) is 9.79. The molecule has 1 atom stereocenters. The van der Waals surface area contributed by atoms with Gasteiger partial charge in [-0.25, -0.2) is 0 Å². The van der Waals surface area contributed by atoms with E-state index in [4.69, 9.17) is 5.73 Å². The van der Waals surface area contributed by atoms with Crippen molar-refractivity contribution >= 4 is 0 Å². The van der Waals surface area contributed by atoms with Crippen LogP contribution in [-0.4, -0.2) is 24.0 Å². The third-order valence-electron chi connectivity index (χ3n) is 4.07. The van der Waals surface area contributed by atoms with Crippen LogP contribution in [0.25, 0.3) is 0 Å². The van der Waals surface area contributed by atoms with Crippen LogP contribution in [0.5, 0.6) is 0 Å². The van der Waals surface area contributed by atoms with Gasteiger partial charge < -0.3 is 5.73 Å². The van der Waals surface area contributed by atoms with Gasteiger partial charge >= 0.3 is 0 Å². The van der Waals surface area contributed by atoms with Crippen molar-refractivity contribution in [3.63, 3.8) is 0 Å². The maximum Gasteiger partial charge on any atom is 0.0236 e. The van der Waals surface area contributed by atoms with Gasteiger partial charge in [0.2, 0.25) is 0 Å². The second kappa shape index (κ2) is 6.91. The zero-order chi connectivity index (χ0) is 12.8. The van der Waals surface area contributed by atoms with Gasteiger partial charge in [-0.05, 0) is 49.9 Å². The maximum absolute atomic E-state index is 5.73. The summed E-state index contributed by atoms with van der Waals surface area (Å²) in [7, 11) is 0. The fourth-order valence-corrected chi connectivity index (χ4v) is 2.90. The van der Waals surface area contributed by atoms with Gasteiger partial charge in [0.25, 0.3) is 0 Å². The molecule has 0 radical (unpaired) electrons. The molecule has 0 aromatic heterocycles. The van der Waals surface area contributed by atoms with Crippen LogP contribution in [0.4, 0.5) is 0 Å². The molecule has 2 heteroatoms. The van der Waals surface area contributed by atoms with Crippen molar-refractivity contribution in [2.24, 2.45) is 5.73 Å². The molecular formula is C16H26N2. The second-order valence-corrected chi connectivity index (χ2v) is 5.37. The van der Waals surface area contributed by atoms with Gasteiger partial charge in [-0.1, -0.05) is 37.6 Å². The van der Waals surface area contributed by atoms with Crippen LogP contribution in [0.1, 0.15) is 43.7 Å². The van der Waals surface area contributed by atoms with Crippen molar-refractivity contribution in [3.8, 4) is 0 Å². The van der Waals surface area contributed by atoms with E-state index < -0.39 is 0 Å². The summed E-state index contributed by atoms with van der Waals surface area (Å²) < 4.78 is 0. The summed E-state index contributed by atoms with van der Waals surface area (Å²) in [5.41, 5.74) is 8.59. The fourth-order valence-electron chi connectivity index (χ4n) is 2.90. The van der Waals surface area contributed by atoms with E-state index in [-0.39, 0.29) is 0 Å². The van der Waals surface area contributed by atoms with Crippen LogP contribution < -0.4 is 5.73 Å². The summed E-state index contributed by atoms with van der Waals surface area (Å²) in [6.07, 6.45) is 6.31.